The first-order valence-corrected chi connectivity index (χ1v) is 6.80. The number of rotatable bonds is 5. The molecule has 86 valence electrons. The van der Waals surface area contributed by atoms with Crippen molar-refractivity contribution in [1.29, 1.82) is 0 Å². The second kappa shape index (κ2) is 5.33. The maximum absolute atomic E-state index is 11.5. The molecule has 0 aliphatic heterocycles. The van der Waals surface area contributed by atoms with Crippen LogP contribution in [0.3, 0.4) is 0 Å². The Labute approximate surface area is 109 Å². The lowest BCUT2D eigenvalue weighted by molar-refractivity contribution is -0.120. The minimum absolute atomic E-state index is 0.389. The Balaban J connectivity index is 1.82. The maximum Gasteiger partial charge on any atom is 0.135 e. The van der Waals surface area contributed by atoms with Crippen molar-refractivity contribution in [3.63, 3.8) is 0 Å². The molecule has 1 aliphatic carbocycles. The summed E-state index contributed by atoms with van der Waals surface area (Å²) in [4.78, 5) is 11.5. The van der Waals surface area contributed by atoms with E-state index in [-0.39, 0.29) is 0 Å². The normalized spacial score (nSPS) is 15.1. The van der Waals surface area contributed by atoms with Gasteiger partial charge in [-0.3, -0.25) is 4.79 Å². The highest BCUT2D eigenvalue weighted by Crippen LogP contribution is 2.31. The Hall–Kier alpha value is -0.340. The van der Waals surface area contributed by atoms with Gasteiger partial charge in [0.2, 0.25) is 0 Å². The maximum atomic E-state index is 11.5. The van der Waals surface area contributed by atoms with E-state index < -0.39 is 0 Å². The van der Waals surface area contributed by atoms with Crippen LogP contribution in [-0.4, -0.2) is 5.78 Å². The highest BCUT2D eigenvalue weighted by molar-refractivity contribution is 9.10. The first kappa shape index (κ1) is 12.1. The Morgan fingerprint density at radius 3 is 2.81 bits per heavy atom. The summed E-state index contributed by atoms with van der Waals surface area (Å²) in [6, 6.07) is 5.91. The number of Topliss-reactive ketones (excluding diaryl/α,β-unsaturated/α-hetero) is 1. The van der Waals surface area contributed by atoms with Gasteiger partial charge in [0.1, 0.15) is 5.78 Å². The summed E-state index contributed by atoms with van der Waals surface area (Å²) in [5, 5.41) is 0.785. The highest BCUT2D eigenvalue weighted by atomic mass is 79.9. The molecule has 16 heavy (non-hydrogen) atoms. The molecule has 0 amide bonds. The zero-order valence-electron chi connectivity index (χ0n) is 9.01. The minimum atomic E-state index is 0.389. The van der Waals surface area contributed by atoms with E-state index in [9.17, 15) is 4.79 Å². The molecule has 1 aliphatic rings. The first-order valence-electron chi connectivity index (χ1n) is 5.63. The average Bonchev–Trinajstić information content (AvgIpc) is 3.04. The first-order chi connectivity index (χ1) is 7.66. The number of halogens is 2. The summed E-state index contributed by atoms with van der Waals surface area (Å²) in [5.74, 6) is 0.827. The van der Waals surface area contributed by atoms with E-state index in [1.165, 1.54) is 0 Å². The lowest BCUT2D eigenvalue weighted by Crippen LogP contribution is -2.00. The monoisotopic (exact) mass is 300 g/mol. The number of hydrogen-bond donors (Lipinski definition) is 0. The van der Waals surface area contributed by atoms with Gasteiger partial charge >= 0.3 is 0 Å². The molecule has 0 saturated heterocycles. The third kappa shape index (κ3) is 3.33. The molecule has 0 radical (unpaired) electrons. The molecule has 0 spiro atoms. The molecule has 0 aromatic heterocycles. The van der Waals surface area contributed by atoms with Crippen molar-refractivity contribution in [3.05, 3.63) is 33.3 Å². The largest absolute Gasteiger partial charge is 0.299 e. The summed E-state index contributed by atoms with van der Waals surface area (Å²) in [6.07, 6.45) is 4.73. The summed E-state index contributed by atoms with van der Waals surface area (Å²) in [6.45, 7) is 0. The van der Waals surface area contributed by atoms with Gasteiger partial charge in [0, 0.05) is 21.8 Å². The van der Waals surface area contributed by atoms with E-state index in [4.69, 9.17) is 11.6 Å². The number of benzene rings is 1. The van der Waals surface area contributed by atoms with Crippen LogP contribution in [0.25, 0.3) is 0 Å². The van der Waals surface area contributed by atoms with Crippen LogP contribution in [0, 0.1) is 5.92 Å². The smallest absolute Gasteiger partial charge is 0.135 e. The predicted molar refractivity (Wildman–Crippen MR) is 69.8 cm³/mol. The molecule has 1 aromatic carbocycles. The molecule has 1 saturated carbocycles. The van der Waals surface area contributed by atoms with Crippen LogP contribution in [0.5, 0.6) is 0 Å². The van der Waals surface area contributed by atoms with E-state index in [0.717, 1.165) is 40.7 Å². The van der Waals surface area contributed by atoms with Crippen LogP contribution in [0.4, 0.5) is 0 Å². The third-order valence-corrected chi connectivity index (χ3v) is 3.76. The fraction of sp³-hybridized carbons (Fsp3) is 0.462. The molecule has 0 heterocycles. The van der Waals surface area contributed by atoms with Crippen molar-refractivity contribution >= 4 is 33.3 Å². The van der Waals surface area contributed by atoms with E-state index in [1.54, 1.807) is 0 Å². The zero-order valence-corrected chi connectivity index (χ0v) is 11.4. The van der Waals surface area contributed by atoms with Gasteiger partial charge in [-0.05, 0) is 43.4 Å². The van der Waals surface area contributed by atoms with Gasteiger partial charge in [0.05, 0.1) is 0 Å². The molecule has 0 bridgehead atoms. The van der Waals surface area contributed by atoms with Gasteiger partial charge < -0.3 is 0 Å². The topological polar surface area (TPSA) is 17.1 Å². The number of ketones is 1. The molecule has 1 aromatic rings. The van der Waals surface area contributed by atoms with Crippen molar-refractivity contribution in [2.24, 2.45) is 5.92 Å². The summed E-state index contributed by atoms with van der Waals surface area (Å²) < 4.78 is 0.996. The number of carbonyl (C=O) groups excluding carboxylic acids is 1. The lowest BCUT2D eigenvalue weighted by Gasteiger charge is -2.04. The van der Waals surface area contributed by atoms with Crippen LogP contribution in [-0.2, 0) is 11.2 Å². The van der Waals surface area contributed by atoms with E-state index in [2.05, 4.69) is 15.9 Å². The van der Waals surface area contributed by atoms with E-state index >= 15 is 0 Å². The van der Waals surface area contributed by atoms with Crippen LogP contribution < -0.4 is 0 Å². The van der Waals surface area contributed by atoms with Crippen molar-refractivity contribution < 1.29 is 4.79 Å². The van der Waals surface area contributed by atoms with E-state index in [1.807, 2.05) is 18.2 Å². The Morgan fingerprint density at radius 1 is 1.44 bits per heavy atom. The fourth-order valence-electron chi connectivity index (χ4n) is 1.79. The summed E-state index contributed by atoms with van der Waals surface area (Å²) in [7, 11) is 0. The Morgan fingerprint density at radius 2 is 2.19 bits per heavy atom. The molecular formula is C13H14BrClO. The number of aryl methyl sites for hydroxylation is 1. The summed E-state index contributed by atoms with van der Waals surface area (Å²) in [5.41, 5.74) is 1.13. The minimum Gasteiger partial charge on any atom is -0.299 e. The molecular weight excluding hydrogens is 287 g/mol. The Bertz CT molecular complexity index is 399. The quantitative estimate of drug-likeness (QED) is 0.787. The number of carbonyl (C=O) groups is 1. The van der Waals surface area contributed by atoms with Crippen molar-refractivity contribution in [2.75, 3.05) is 0 Å². The SMILES string of the molecule is O=C(CCCc1ccc(Br)cc1Cl)C1CC1. The highest BCUT2D eigenvalue weighted by Gasteiger charge is 2.28. The molecule has 0 atom stereocenters. The lowest BCUT2D eigenvalue weighted by atomic mass is 10.0. The van der Waals surface area contributed by atoms with Gasteiger partial charge in [-0.2, -0.15) is 0 Å². The van der Waals surface area contributed by atoms with Gasteiger partial charge in [-0.15, -0.1) is 0 Å². The second-order valence-corrected chi connectivity index (χ2v) is 5.65. The van der Waals surface area contributed by atoms with E-state index in [0.29, 0.717) is 18.1 Å². The van der Waals surface area contributed by atoms with Crippen molar-refractivity contribution in [3.8, 4) is 0 Å². The third-order valence-electron chi connectivity index (χ3n) is 2.92. The van der Waals surface area contributed by atoms with Crippen molar-refractivity contribution in [1.82, 2.24) is 0 Å². The standard InChI is InChI=1S/C13H14BrClO/c14-11-7-6-9(12(15)8-11)2-1-3-13(16)10-4-5-10/h6-8,10H,1-5H2. The average molecular weight is 302 g/mol. The molecule has 2 rings (SSSR count). The zero-order chi connectivity index (χ0) is 11.5. The van der Waals surface area contributed by atoms with Gasteiger partial charge in [0.15, 0.2) is 0 Å². The van der Waals surface area contributed by atoms with Gasteiger partial charge in [0.25, 0.3) is 0 Å². The van der Waals surface area contributed by atoms with Crippen LogP contribution in [0.2, 0.25) is 5.02 Å². The molecule has 0 N–H and O–H groups in total. The van der Waals surface area contributed by atoms with Gasteiger partial charge in [-0.1, -0.05) is 33.6 Å². The molecule has 1 fully saturated rings. The predicted octanol–water partition coefficient (Wildman–Crippen LogP) is 4.40. The van der Waals surface area contributed by atoms with Crippen LogP contribution >= 0.6 is 27.5 Å². The molecule has 0 unspecified atom stereocenters. The van der Waals surface area contributed by atoms with Crippen LogP contribution in [0.1, 0.15) is 31.2 Å². The van der Waals surface area contributed by atoms with Gasteiger partial charge in [-0.25, -0.2) is 0 Å². The fourth-order valence-corrected chi connectivity index (χ4v) is 2.55. The number of hydrogen-bond acceptors (Lipinski definition) is 1. The Kier molecular flexibility index (Phi) is 4.04. The molecule has 3 heteroatoms. The second-order valence-electron chi connectivity index (χ2n) is 4.33. The molecule has 1 nitrogen and oxygen atoms in total. The van der Waals surface area contributed by atoms with Crippen molar-refractivity contribution in [2.45, 2.75) is 32.1 Å². The van der Waals surface area contributed by atoms with Crippen LogP contribution in [0.15, 0.2) is 22.7 Å². The summed E-state index contributed by atoms with van der Waals surface area (Å²) >= 11 is 9.48.